The first-order valence-electron chi connectivity index (χ1n) is 6.66. The van der Waals surface area contributed by atoms with Gasteiger partial charge in [-0.1, -0.05) is 32.4 Å². The number of nitrogens with one attached hydrogen (secondary N) is 1. The zero-order valence-electron chi connectivity index (χ0n) is 11.1. The molecule has 2 aliphatic rings. The van der Waals surface area contributed by atoms with E-state index < -0.39 is 0 Å². The Morgan fingerprint density at radius 3 is 2.69 bits per heavy atom. The monoisotopic (exact) mass is 222 g/mol. The van der Waals surface area contributed by atoms with Crippen molar-refractivity contribution in [3.8, 4) is 0 Å². The molecule has 0 aromatic rings. The largest absolute Gasteiger partial charge is 0.313 e. The number of likely N-dealkylation sites (tertiary alicyclic amines) is 1. The Kier molecular flexibility index (Phi) is 3.70. The molecule has 0 aromatic carbocycles. The summed E-state index contributed by atoms with van der Waals surface area (Å²) in [7, 11) is 0. The smallest absolute Gasteiger partial charge is 0.0137 e. The van der Waals surface area contributed by atoms with Gasteiger partial charge in [-0.25, -0.2) is 0 Å². The summed E-state index contributed by atoms with van der Waals surface area (Å²) in [5.74, 6) is 0.912. The first kappa shape index (κ1) is 12.1. The van der Waals surface area contributed by atoms with Gasteiger partial charge in [-0.05, 0) is 30.7 Å². The molecule has 0 saturated carbocycles. The van der Waals surface area contributed by atoms with E-state index in [1.807, 2.05) is 0 Å². The summed E-state index contributed by atoms with van der Waals surface area (Å²) in [5, 5.41) is 3.37. The molecule has 2 aliphatic heterocycles. The summed E-state index contributed by atoms with van der Waals surface area (Å²) in [6, 6.07) is 0. The lowest BCUT2D eigenvalue weighted by molar-refractivity contribution is 0.0258. The second kappa shape index (κ2) is 4.89. The molecule has 0 aromatic heterocycles. The van der Waals surface area contributed by atoms with Crippen LogP contribution in [-0.2, 0) is 0 Å². The Labute approximate surface area is 100 Å². The molecule has 0 radical (unpaired) electrons. The molecule has 1 N–H and O–H groups in total. The summed E-state index contributed by atoms with van der Waals surface area (Å²) in [4.78, 5) is 2.61. The Bertz CT molecular complexity index is 256. The Morgan fingerprint density at radius 1 is 1.38 bits per heavy atom. The third kappa shape index (κ3) is 3.08. The molecular weight excluding hydrogens is 196 g/mol. The quantitative estimate of drug-likeness (QED) is 0.737. The van der Waals surface area contributed by atoms with Crippen molar-refractivity contribution in [3.05, 3.63) is 11.6 Å². The number of rotatable bonds is 3. The molecule has 0 aliphatic carbocycles. The van der Waals surface area contributed by atoms with Gasteiger partial charge in [0, 0.05) is 26.2 Å². The molecule has 0 bridgehead atoms. The fourth-order valence-corrected chi connectivity index (χ4v) is 2.50. The molecule has 2 heteroatoms. The first-order valence-corrected chi connectivity index (χ1v) is 6.66. The molecule has 2 heterocycles. The van der Waals surface area contributed by atoms with E-state index in [9.17, 15) is 0 Å². The van der Waals surface area contributed by atoms with Gasteiger partial charge in [0.15, 0.2) is 0 Å². The Balaban J connectivity index is 1.64. The van der Waals surface area contributed by atoms with E-state index in [2.05, 4.69) is 37.1 Å². The Hall–Kier alpha value is -0.340. The summed E-state index contributed by atoms with van der Waals surface area (Å²) in [6.45, 7) is 13.3. The van der Waals surface area contributed by atoms with Gasteiger partial charge in [0.1, 0.15) is 0 Å². The Morgan fingerprint density at radius 2 is 2.12 bits per heavy atom. The van der Waals surface area contributed by atoms with E-state index in [4.69, 9.17) is 0 Å². The van der Waals surface area contributed by atoms with Crippen molar-refractivity contribution in [3.63, 3.8) is 0 Å². The van der Waals surface area contributed by atoms with Crippen LogP contribution < -0.4 is 5.32 Å². The predicted octanol–water partition coefficient (Wildman–Crippen LogP) is 2.27. The van der Waals surface area contributed by atoms with Crippen LogP contribution in [0, 0.1) is 11.3 Å². The maximum atomic E-state index is 3.37. The number of hydrogen-bond acceptors (Lipinski definition) is 2. The van der Waals surface area contributed by atoms with Gasteiger partial charge in [0.25, 0.3) is 0 Å². The van der Waals surface area contributed by atoms with Crippen LogP contribution >= 0.6 is 0 Å². The molecule has 0 spiro atoms. The van der Waals surface area contributed by atoms with E-state index in [1.54, 1.807) is 5.57 Å². The molecule has 0 atom stereocenters. The van der Waals surface area contributed by atoms with Crippen LogP contribution in [0.2, 0.25) is 0 Å². The molecule has 16 heavy (non-hydrogen) atoms. The molecule has 1 saturated heterocycles. The maximum Gasteiger partial charge on any atom is 0.0137 e. The summed E-state index contributed by atoms with van der Waals surface area (Å²) in [5.41, 5.74) is 2.17. The highest BCUT2D eigenvalue weighted by molar-refractivity contribution is 5.07. The van der Waals surface area contributed by atoms with Crippen LogP contribution in [0.5, 0.6) is 0 Å². The lowest BCUT2D eigenvalue weighted by atomic mass is 9.76. The van der Waals surface area contributed by atoms with E-state index in [-0.39, 0.29) is 0 Å². The average Bonchev–Trinajstić information content (AvgIpc) is 2.15. The molecule has 92 valence electrons. The lowest BCUT2D eigenvalue weighted by Crippen LogP contribution is -2.52. The van der Waals surface area contributed by atoms with Gasteiger partial charge >= 0.3 is 0 Å². The number of hydrogen-bond donors (Lipinski definition) is 1. The third-order valence-corrected chi connectivity index (χ3v) is 4.09. The topological polar surface area (TPSA) is 15.3 Å². The highest BCUT2D eigenvalue weighted by Crippen LogP contribution is 2.33. The van der Waals surface area contributed by atoms with Crippen molar-refractivity contribution in [1.29, 1.82) is 0 Å². The number of nitrogens with zero attached hydrogens (tertiary/aromatic N) is 1. The van der Waals surface area contributed by atoms with Crippen molar-refractivity contribution >= 4 is 0 Å². The molecule has 0 unspecified atom stereocenters. The molecule has 2 rings (SSSR count). The van der Waals surface area contributed by atoms with Gasteiger partial charge in [-0.2, -0.15) is 0 Å². The fourth-order valence-electron chi connectivity index (χ4n) is 2.50. The standard InChI is InChI=1S/C14H26N2/c1-14(2,3)13-10-16(11-13)9-6-12-4-7-15-8-5-12/h4,13,15H,5-11H2,1-3H3. The minimum atomic E-state index is 0.504. The van der Waals surface area contributed by atoms with Crippen molar-refractivity contribution < 1.29 is 0 Å². The summed E-state index contributed by atoms with van der Waals surface area (Å²) < 4.78 is 0. The van der Waals surface area contributed by atoms with Crippen molar-refractivity contribution in [2.24, 2.45) is 11.3 Å². The predicted molar refractivity (Wildman–Crippen MR) is 69.6 cm³/mol. The summed E-state index contributed by atoms with van der Waals surface area (Å²) in [6.07, 6.45) is 4.93. The normalized spacial score (nSPS) is 24.1. The SMILES string of the molecule is CC(C)(C)C1CN(CCC2=CCNCC2)C1. The highest BCUT2D eigenvalue weighted by Gasteiger charge is 2.35. The second-order valence-corrected chi connectivity index (χ2v) is 6.39. The molecular formula is C14H26N2. The third-order valence-electron chi connectivity index (χ3n) is 4.09. The van der Waals surface area contributed by atoms with Crippen molar-refractivity contribution in [2.75, 3.05) is 32.7 Å². The minimum absolute atomic E-state index is 0.504. The molecule has 2 nitrogen and oxygen atoms in total. The van der Waals surface area contributed by atoms with Crippen molar-refractivity contribution in [2.45, 2.75) is 33.6 Å². The molecule has 0 amide bonds. The van der Waals surface area contributed by atoms with Crippen LogP contribution in [0.1, 0.15) is 33.6 Å². The maximum absolute atomic E-state index is 3.37. The fraction of sp³-hybridized carbons (Fsp3) is 0.857. The van der Waals surface area contributed by atoms with Gasteiger partial charge in [0.05, 0.1) is 0 Å². The lowest BCUT2D eigenvalue weighted by Gasteiger charge is -2.46. The van der Waals surface area contributed by atoms with Crippen LogP contribution in [0.4, 0.5) is 0 Å². The van der Waals surface area contributed by atoms with Gasteiger partial charge in [-0.15, -0.1) is 0 Å². The van der Waals surface area contributed by atoms with Crippen LogP contribution in [-0.4, -0.2) is 37.6 Å². The zero-order valence-corrected chi connectivity index (χ0v) is 11.1. The van der Waals surface area contributed by atoms with Crippen LogP contribution in [0.15, 0.2) is 11.6 Å². The van der Waals surface area contributed by atoms with Gasteiger partial charge in [-0.3, -0.25) is 0 Å². The van der Waals surface area contributed by atoms with Gasteiger partial charge in [0.2, 0.25) is 0 Å². The minimum Gasteiger partial charge on any atom is -0.313 e. The highest BCUT2D eigenvalue weighted by atomic mass is 15.2. The van der Waals surface area contributed by atoms with Crippen molar-refractivity contribution in [1.82, 2.24) is 10.2 Å². The zero-order chi connectivity index (χ0) is 11.6. The van der Waals surface area contributed by atoms with Gasteiger partial charge < -0.3 is 10.2 Å². The first-order chi connectivity index (χ1) is 7.55. The van der Waals surface area contributed by atoms with E-state index in [0.717, 1.165) is 12.5 Å². The second-order valence-electron chi connectivity index (χ2n) is 6.39. The van der Waals surface area contributed by atoms with E-state index >= 15 is 0 Å². The van der Waals surface area contributed by atoms with Crippen LogP contribution in [0.3, 0.4) is 0 Å². The van der Waals surface area contributed by atoms with E-state index in [1.165, 1.54) is 39.0 Å². The average molecular weight is 222 g/mol. The van der Waals surface area contributed by atoms with E-state index in [0.29, 0.717) is 5.41 Å². The summed E-state index contributed by atoms with van der Waals surface area (Å²) >= 11 is 0. The van der Waals surface area contributed by atoms with Crippen LogP contribution in [0.25, 0.3) is 0 Å². The molecule has 1 fully saturated rings.